The first-order chi connectivity index (χ1) is 7.04. The molecule has 0 unspecified atom stereocenters. The summed E-state index contributed by atoms with van der Waals surface area (Å²) < 4.78 is 4.43. The van der Waals surface area contributed by atoms with E-state index < -0.39 is 5.97 Å². The van der Waals surface area contributed by atoms with Gasteiger partial charge in [-0.2, -0.15) is 0 Å². The van der Waals surface area contributed by atoms with Crippen LogP contribution in [0.3, 0.4) is 0 Å². The summed E-state index contributed by atoms with van der Waals surface area (Å²) in [6.07, 6.45) is 0. The van der Waals surface area contributed by atoms with Gasteiger partial charge in [-0.05, 0) is 6.07 Å². The van der Waals surface area contributed by atoms with Crippen LogP contribution in [0.4, 0.5) is 5.82 Å². The molecule has 15 heavy (non-hydrogen) atoms. The first-order valence-corrected chi connectivity index (χ1v) is 5.00. The number of carbonyl (C=O) groups excluding carboxylic acids is 1. The molecule has 0 aliphatic rings. The molecule has 0 radical (unpaired) electrons. The van der Waals surface area contributed by atoms with Gasteiger partial charge in [0.2, 0.25) is 0 Å². The Bertz CT molecular complexity index is 384. The van der Waals surface area contributed by atoms with Gasteiger partial charge in [0.1, 0.15) is 17.5 Å². The molecule has 1 heterocycles. The highest BCUT2D eigenvalue weighted by Gasteiger charge is 2.08. The molecule has 1 aromatic heterocycles. The molecular formula is C8H7Cl3N2O2. The number of hydrogen-bond donors (Lipinski definition) is 1. The zero-order chi connectivity index (χ0) is 11.4. The Labute approximate surface area is 101 Å². The van der Waals surface area contributed by atoms with Crippen LogP contribution >= 0.6 is 34.8 Å². The topological polar surface area (TPSA) is 51.2 Å². The van der Waals surface area contributed by atoms with Gasteiger partial charge >= 0.3 is 5.97 Å². The van der Waals surface area contributed by atoms with E-state index in [1.54, 1.807) is 0 Å². The molecular weight excluding hydrogens is 262 g/mol. The minimum absolute atomic E-state index is 0.0405. The molecule has 1 N–H and O–H groups in total. The number of ether oxygens (including phenoxy) is 1. The number of esters is 1. The molecule has 0 atom stereocenters. The summed E-state index contributed by atoms with van der Waals surface area (Å²) in [5.41, 5.74) is 0. The summed E-state index contributed by atoms with van der Waals surface area (Å²) >= 11 is 17.2. The Balaban J connectivity index is 2.77. The lowest BCUT2D eigenvalue weighted by Crippen LogP contribution is -2.15. The predicted octanol–water partition coefficient (Wildman–Crippen LogP) is 2.63. The maximum atomic E-state index is 10.8. The van der Waals surface area contributed by atoms with Crippen LogP contribution in [-0.4, -0.2) is 24.6 Å². The number of hydrogen-bond acceptors (Lipinski definition) is 4. The molecule has 0 spiro atoms. The van der Waals surface area contributed by atoms with Gasteiger partial charge in [0.25, 0.3) is 0 Å². The molecule has 4 nitrogen and oxygen atoms in total. The molecule has 0 fully saturated rings. The number of anilines is 1. The number of nitrogens with zero attached hydrogens (tertiary/aromatic N) is 1. The van der Waals surface area contributed by atoms with Crippen LogP contribution in [0.5, 0.6) is 0 Å². The van der Waals surface area contributed by atoms with Gasteiger partial charge in [-0.3, -0.25) is 4.79 Å². The quantitative estimate of drug-likeness (QED) is 0.677. The number of rotatable bonds is 3. The molecule has 7 heteroatoms. The number of halogens is 3. The van der Waals surface area contributed by atoms with Gasteiger partial charge in [0, 0.05) is 0 Å². The number of methoxy groups -OCH3 is 1. The molecule has 0 saturated carbocycles. The van der Waals surface area contributed by atoms with E-state index in [-0.39, 0.29) is 27.6 Å². The van der Waals surface area contributed by atoms with Crippen molar-refractivity contribution < 1.29 is 9.53 Å². The van der Waals surface area contributed by atoms with Crippen molar-refractivity contribution in [1.82, 2.24) is 4.98 Å². The average Bonchev–Trinajstić information content (AvgIpc) is 2.21. The monoisotopic (exact) mass is 268 g/mol. The molecule has 0 amide bonds. The standard InChI is InChI=1S/C8H7Cl3N2O2/c1-15-6(14)3-12-8-5(10)2-4(9)7(11)13-8/h2H,3H2,1H3,(H,12,13). The summed E-state index contributed by atoms with van der Waals surface area (Å²) in [7, 11) is 1.29. The van der Waals surface area contributed by atoms with E-state index >= 15 is 0 Å². The third-order valence-corrected chi connectivity index (χ3v) is 2.48. The van der Waals surface area contributed by atoms with Crippen LogP contribution < -0.4 is 5.32 Å². The zero-order valence-electron chi connectivity index (χ0n) is 7.68. The van der Waals surface area contributed by atoms with E-state index in [1.165, 1.54) is 13.2 Å². The normalized spacial score (nSPS) is 9.87. The SMILES string of the molecule is COC(=O)CNc1nc(Cl)c(Cl)cc1Cl. The maximum Gasteiger partial charge on any atom is 0.325 e. The smallest absolute Gasteiger partial charge is 0.325 e. The fraction of sp³-hybridized carbons (Fsp3) is 0.250. The van der Waals surface area contributed by atoms with Crippen molar-refractivity contribution in [3.8, 4) is 0 Å². The summed E-state index contributed by atoms with van der Waals surface area (Å²) in [5, 5.41) is 3.33. The van der Waals surface area contributed by atoms with Crippen molar-refractivity contribution in [3.05, 3.63) is 21.3 Å². The summed E-state index contributed by atoms with van der Waals surface area (Å²) in [5.74, 6) is -0.143. The molecule has 0 aliphatic carbocycles. The second-order valence-corrected chi connectivity index (χ2v) is 3.69. The van der Waals surface area contributed by atoms with Crippen molar-refractivity contribution in [2.75, 3.05) is 19.0 Å². The van der Waals surface area contributed by atoms with Crippen molar-refractivity contribution in [1.29, 1.82) is 0 Å². The second kappa shape index (κ2) is 5.39. The van der Waals surface area contributed by atoms with Crippen LogP contribution in [-0.2, 0) is 9.53 Å². The third-order valence-electron chi connectivity index (χ3n) is 1.51. The highest BCUT2D eigenvalue weighted by molar-refractivity contribution is 6.42. The lowest BCUT2D eigenvalue weighted by atomic mass is 10.4. The van der Waals surface area contributed by atoms with E-state index in [0.717, 1.165) is 0 Å². The summed E-state index contributed by atoms with van der Waals surface area (Å²) in [6.45, 7) is -0.0405. The van der Waals surface area contributed by atoms with E-state index in [0.29, 0.717) is 0 Å². The summed E-state index contributed by atoms with van der Waals surface area (Å²) in [4.78, 5) is 14.7. The number of nitrogens with one attached hydrogen (secondary N) is 1. The summed E-state index contributed by atoms with van der Waals surface area (Å²) in [6, 6.07) is 1.44. The lowest BCUT2D eigenvalue weighted by molar-refractivity contribution is -0.138. The van der Waals surface area contributed by atoms with Gasteiger partial charge in [-0.25, -0.2) is 4.98 Å². The van der Waals surface area contributed by atoms with Crippen LogP contribution in [0, 0.1) is 0 Å². The average molecular weight is 270 g/mol. The highest BCUT2D eigenvalue weighted by Crippen LogP contribution is 2.28. The fourth-order valence-corrected chi connectivity index (χ4v) is 1.36. The van der Waals surface area contributed by atoms with E-state index in [1.807, 2.05) is 0 Å². The maximum absolute atomic E-state index is 10.8. The van der Waals surface area contributed by atoms with Gasteiger partial charge in [0.05, 0.1) is 17.2 Å². The van der Waals surface area contributed by atoms with Crippen molar-refractivity contribution >= 4 is 46.6 Å². The molecule has 1 rings (SSSR count). The Kier molecular flexibility index (Phi) is 4.45. The van der Waals surface area contributed by atoms with E-state index in [9.17, 15) is 4.79 Å². The number of aromatic nitrogens is 1. The van der Waals surface area contributed by atoms with Crippen molar-refractivity contribution in [2.45, 2.75) is 0 Å². The number of carbonyl (C=O) groups is 1. The Morgan fingerprint density at radius 1 is 1.47 bits per heavy atom. The first kappa shape index (κ1) is 12.4. The molecule has 82 valence electrons. The molecule has 1 aromatic rings. The van der Waals surface area contributed by atoms with Gasteiger partial charge in [-0.1, -0.05) is 34.8 Å². The van der Waals surface area contributed by atoms with E-state index in [2.05, 4.69) is 15.0 Å². The fourth-order valence-electron chi connectivity index (χ4n) is 0.796. The Morgan fingerprint density at radius 3 is 2.73 bits per heavy atom. The Hall–Kier alpha value is -0.710. The van der Waals surface area contributed by atoms with Gasteiger partial charge < -0.3 is 10.1 Å². The third kappa shape index (κ3) is 3.41. The molecule has 0 aliphatic heterocycles. The molecule has 0 saturated heterocycles. The highest BCUT2D eigenvalue weighted by atomic mass is 35.5. The Morgan fingerprint density at radius 2 is 2.13 bits per heavy atom. The second-order valence-electron chi connectivity index (χ2n) is 2.52. The number of pyridine rings is 1. The van der Waals surface area contributed by atoms with Gasteiger partial charge in [-0.15, -0.1) is 0 Å². The van der Waals surface area contributed by atoms with Gasteiger partial charge in [0.15, 0.2) is 0 Å². The van der Waals surface area contributed by atoms with Crippen LogP contribution in [0.25, 0.3) is 0 Å². The first-order valence-electron chi connectivity index (χ1n) is 3.87. The zero-order valence-corrected chi connectivity index (χ0v) is 9.95. The van der Waals surface area contributed by atoms with Crippen molar-refractivity contribution in [3.63, 3.8) is 0 Å². The minimum atomic E-state index is -0.432. The predicted molar refractivity (Wildman–Crippen MR) is 59.8 cm³/mol. The minimum Gasteiger partial charge on any atom is -0.468 e. The van der Waals surface area contributed by atoms with Crippen molar-refractivity contribution in [2.24, 2.45) is 0 Å². The van der Waals surface area contributed by atoms with Crippen LogP contribution in [0.1, 0.15) is 0 Å². The molecule has 0 aromatic carbocycles. The molecule has 0 bridgehead atoms. The van der Waals surface area contributed by atoms with Crippen LogP contribution in [0.2, 0.25) is 15.2 Å². The lowest BCUT2D eigenvalue weighted by Gasteiger charge is -2.07. The largest absolute Gasteiger partial charge is 0.468 e. The van der Waals surface area contributed by atoms with E-state index in [4.69, 9.17) is 34.8 Å². The van der Waals surface area contributed by atoms with Crippen LogP contribution in [0.15, 0.2) is 6.07 Å².